The van der Waals surface area contributed by atoms with Crippen LogP contribution in [0.2, 0.25) is 0 Å². The molecule has 7 heteroatoms. The van der Waals surface area contributed by atoms with Gasteiger partial charge in [0.1, 0.15) is 12.1 Å². The van der Waals surface area contributed by atoms with Gasteiger partial charge in [0.2, 0.25) is 0 Å². The minimum absolute atomic E-state index is 0.263. The van der Waals surface area contributed by atoms with Crippen LogP contribution in [0.15, 0.2) is 30.6 Å². The maximum Gasteiger partial charge on any atom is 0.184 e. The first-order chi connectivity index (χ1) is 11.2. The van der Waals surface area contributed by atoms with Gasteiger partial charge in [-0.05, 0) is 18.9 Å². The van der Waals surface area contributed by atoms with E-state index in [0.717, 1.165) is 12.8 Å². The number of rotatable bonds is 6. The highest BCUT2D eigenvalue weighted by molar-refractivity contribution is 5.81. The number of aromatic nitrogens is 5. The van der Waals surface area contributed by atoms with E-state index in [1.54, 1.807) is 22.9 Å². The van der Waals surface area contributed by atoms with Crippen molar-refractivity contribution in [3.05, 3.63) is 42.0 Å². The molecule has 0 saturated heterocycles. The molecule has 0 amide bonds. The standard InChI is InChI=1S/C16H19FN6/c1-3-12(4-2)20-15-14-16(19-10-18-15)23(22-21-14)9-11-7-5-6-8-13(11)17/h5-8,10,12H,3-4,9H2,1-2H3,(H,18,19,20). The second-order valence-corrected chi connectivity index (χ2v) is 5.39. The van der Waals surface area contributed by atoms with Crippen LogP contribution in [0.25, 0.3) is 11.2 Å². The lowest BCUT2D eigenvalue weighted by molar-refractivity contribution is 0.582. The van der Waals surface area contributed by atoms with Gasteiger partial charge in [0.05, 0.1) is 6.54 Å². The Kier molecular flexibility index (Phi) is 4.45. The molecule has 2 aromatic heterocycles. The molecule has 0 aliphatic rings. The van der Waals surface area contributed by atoms with Crippen molar-refractivity contribution >= 4 is 17.0 Å². The average Bonchev–Trinajstić information content (AvgIpc) is 2.98. The molecular formula is C16H19FN6. The van der Waals surface area contributed by atoms with Gasteiger partial charge in [0.25, 0.3) is 0 Å². The Balaban J connectivity index is 1.94. The second-order valence-electron chi connectivity index (χ2n) is 5.39. The van der Waals surface area contributed by atoms with E-state index in [4.69, 9.17) is 0 Å². The molecule has 6 nitrogen and oxygen atoms in total. The third-order valence-electron chi connectivity index (χ3n) is 3.90. The summed E-state index contributed by atoms with van der Waals surface area (Å²) in [4.78, 5) is 8.52. The highest BCUT2D eigenvalue weighted by Crippen LogP contribution is 2.19. The van der Waals surface area contributed by atoms with E-state index in [1.165, 1.54) is 12.4 Å². The van der Waals surface area contributed by atoms with Crippen LogP contribution in [-0.2, 0) is 6.54 Å². The van der Waals surface area contributed by atoms with Gasteiger partial charge < -0.3 is 5.32 Å². The highest BCUT2D eigenvalue weighted by atomic mass is 19.1. The quantitative estimate of drug-likeness (QED) is 0.757. The van der Waals surface area contributed by atoms with Gasteiger partial charge in [0.15, 0.2) is 17.0 Å². The van der Waals surface area contributed by atoms with Crippen LogP contribution in [-0.4, -0.2) is 31.0 Å². The Morgan fingerprint density at radius 3 is 2.70 bits per heavy atom. The van der Waals surface area contributed by atoms with E-state index in [1.807, 2.05) is 0 Å². The summed E-state index contributed by atoms with van der Waals surface area (Å²) in [6.45, 7) is 4.52. The van der Waals surface area contributed by atoms with E-state index in [2.05, 4.69) is 39.4 Å². The van der Waals surface area contributed by atoms with E-state index in [-0.39, 0.29) is 12.4 Å². The highest BCUT2D eigenvalue weighted by Gasteiger charge is 2.14. The van der Waals surface area contributed by atoms with Crippen LogP contribution in [0, 0.1) is 5.82 Å². The Morgan fingerprint density at radius 1 is 1.17 bits per heavy atom. The molecule has 3 rings (SSSR count). The first kappa shape index (κ1) is 15.3. The van der Waals surface area contributed by atoms with Crippen molar-refractivity contribution in [3.8, 4) is 0 Å². The molecule has 0 spiro atoms. The van der Waals surface area contributed by atoms with Crippen molar-refractivity contribution in [1.29, 1.82) is 0 Å². The summed E-state index contributed by atoms with van der Waals surface area (Å²) in [5.41, 5.74) is 1.75. The van der Waals surface area contributed by atoms with Crippen molar-refractivity contribution in [2.45, 2.75) is 39.3 Å². The normalized spacial score (nSPS) is 11.3. The van der Waals surface area contributed by atoms with Gasteiger partial charge in [-0.15, -0.1) is 5.10 Å². The molecular weight excluding hydrogens is 295 g/mol. The zero-order valence-corrected chi connectivity index (χ0v) is 13.2. The maximum absolute atomic E-state index is 13.8. The summed E-state index contributed by atoms with van der Waals surface area (Å²) in [7, 11) is 0. The van der Waals surface area contributed by atoms with Crippen LogP contribution in [0.3, 0.4) is 0 Å². The summed E-state index contributed by atoms with van der Waals surface area (Å²) in [5, 5.41) is 11.6. The zero-order chi connectivity index (χ0) is 16.2. The molecule has 0 fully saturated rings. The summed E-state index contributed by atoms with van der Waals surface area (Å²) < 4.78 is 15.4. The summed E-state index contributed by atoms with van der Waals surface area (Å²) in [6, 6.07) is 6.95. The minimum Gasteiger partial charge on any atom is -0.365 e. The Labute approximate surface area is 133 Å². The van der Waals surface area contributed by atoms with Crippen LogP contribution in [0.5, 0.6) is 0 Å². The van der Waals surface area contributed by atoms with Crippen LogP contribution in [0.1, 0.15) is 32.3 Å². The van der Waals surface area contributed by atoms with Gasteiger partial charge in [0, 0.05) is 11.6 Å². The number of halogens is 1. The topological polar surface area (TPSA) is 68.5 Å². The largest absolute Gasteiger partial charge is 0.365 e. The molecule has 0 radical (unpaired) electrons. The van der Waals surface area contributed by atoms with E-state index >= 15 is 0 Å². The zero-order valence-electron chi connectivity index (χ0n) is 13.2. The number of hydrogen-bond acceptors (Lipinski definition) is 5. The minimum atomic E-state index is -0.263. The molecule has 0 saturated carbocycles. The molecule has 1 N–H and O–H groups in total. The fraction of sp³-hybridized carbons (Fsp3) is 0.375. The molecule has 2 heterocycles. The smallest absolute Gasteiger partial charge is 0.184 e. The molecule has 0 bridgehead atoms. The maximum atomic E-state index is 13.8. The van der Waals surface area contributed by atoms with E-state index < -0.39 is 0 Å². The van der Waals surface area contributed by atoms with Crippen molar-refractivity contribution in [2.75, 3.05) is 5.32 Å². The number of anilines is 1. The Hall–Kier alpha value is -2.57. The number of fused-ring (bicyclic) bond motifs is 1. The fourth-order valence-corrected chi connectivity index (χ4v) is 2.48. The lowest BCUT2D eigenvalue weighted by Crippen LogP contribution is -2.18. The number of nitrogens with one attached hydrogen (secondary N) is 1. The van der Waals surface area contributed by atoms with Gasteiger partial charge in [-0.1, -0.05) is 37.3 Å². The van der Waals surface area contributed by atoms with Gasteiger partial charge in [-0.3, -0.25) is 0 Å². The van der Waals surface area contributed by atoms with E-state index in [0.29, 0.717) is 28.6 Å². The van der Waals surface area contributed by atoms with Crippen molar-refractivity contribution < 1.29 is 4.39 Å². The van der Waals surface area contributed by atoms with Crippen molar-refractivity contribution in [1.82, 2.24) is 25.0 Å². The van der Waals surface area contributed by atoms with Crippen molar-refractivity contribution in [3.63, 3.8) is 0 Å². The monoisotopic (exact) mass is 314 g/mol. The molecule has 23 heavy (non-hydrogen) atoms. The number of benzene rings is 1. The molecule has 0 aliphatic carbocycles. The first-order valence-electron chi connectivity index (χ1n) is 7.77. The third-order valence-corrected chi connectivity index (χ3v) is 3.90. The summed E-state index contributed by atoms with van der Waals surface area (Å²) >= 11 is 0. The van der Waals surface area contributed by atoms with Crippen molar-refractivity contribution in [2.24, 2.45) is 0 Å². The SMILES string of the molecule is CCC(CC)Nc1ncnc2c1nnn2Cc1ccccc1F. The molecule has 0 unspecified atom stereocenters. The molecule has 3 aromatic rings. The second kappa shape index (κ2) is 6.68. The summed E-state index contributed by atoms with van der Waals surface area (Å²) in [6.07, 6.45) is 3.46. The lowest BCUT2D eigenvalue weighted by atomic mass is 10.2. The lowest BCUT2D eigenvalue weighted by Gasteiger charge is -2.14. The van der Waals surface area contributed by atoms with Gasteiger partial charge in [-0.25, -0.2) is 19.0 Å². The average molecular weight is 314 g/mol. The molecule has 120 valence electrons. The first-order valence-corrected chi connectivity index (χ1v) is 7.77. The van der Waals surface area contributed by atoms with Gasteiger partial charge >= 0.3 is 0 Å². The number of nitrogens with zero attached hydrogens (tertiary/aromatic N) is 5. The molecule has 0 atom stereocenters. The summed E-state index contributed by atoms with van der Waals surface area (Å²) in [5.74, 6) is 0.407. The molecule has 0 aliphatic heterocycles. The van der Waals surface area contributed by atoms with Crippen LogP contribution in [0.4, 0.5) is 10.2 Å². The van der Waals surface area contributed by atoms with Crippen LogP contribution >= 0.6 is 0 Å². The predicted molar refractivity (Wildman–Crippen MR) is 86.6 cm³/mol. The Bertz CT molecular complexity index is 796. The third kappa shape index (κ3) is 3.13. The predicted octanol–water partition coefficient (Wildman–Crippen LogP) is 3.01. The van der Waals surface area contributed by atoms with Crippen LogP contribution < -0.4 is 5.32 Å². The fourth-order valence-electron chi connectivity index (χ4n) is 2.48. The van der Waals surface area contributed by atoms with Gasteiger partial charge in [-0.2, -0.15) is 0 Å². The van der Waals surface area contributed by atoms with E-state index in [9.17, 15) is 4.39 Å². The number of hydrogen-bond donors (Lipinski definition) is 1. The Morgan fingerprint density at radius 2 is 1.96 bits per heavy atom. The molecule has 1 aromatic carbocycles.